The van der Waals surface area contributed by atoms with Crippen molar-refractivity contribution in [1.29, 1.82) is 0 Å². The molecule has 1 atom stereocenters. The zero-order valence-corrected chi connectivity index (χ0v) is 23.7. The summed E-state index contributed by atoms with van der Waals surface area (Å²) < 4.78 is 65.5. The number of aromatic nitrogens is 3. The van der Waals surface area contributed by atoms with E-state index in [2.05, 4.69) is 45.7 Å². The van der Waals surface area contributed by atoms with Gasteiger partial charge in [-0.25, -0.2) is 14.6 Å². The highest BCUT2D eigenvalue weighted by Gasteiger charge is 2.39. The molecule has 1 aliphatic heterocycles. The van der Waals surface area contributed by atoms with Gasteiger partial charge in [0.1, 0.15) is 0 Å². The SMILES string of the molecule is Cc1ccc(C(=O)N2CCN(C)C(c3ncn4cc(-c5cccnc5)ccc34)C2)cc1.O=C(O)C(F)(F)F.O=C(O)C(F)(F)F. The molecule has 1 unspecified atom stereocenters. The number of aliphatic carboxylic acids is 2. The number of carbonyl (C=O) groups is 3. The predicted molar refractivity (Wildman–Crippen MR) is 148 cm³/mol. The molecule has 1 amide bonds. The topological polar surface area (TPSA) is 128 Å². The minimum atomic E-state index is -5.08. The standard InChI is InChI=1S/C25H25N5O.2C2HF3O2/c1-18-5-7-19(8-6-18)25(31)29-13-12-28(2)23(16-29)24-22-10-9-21(15-30(22)17-27-24)20-4-3-11-26-14-20;2*3-2(4,5)1(6)7/h3-11,14-15,17,23H,12-13,16H2,1-2H3;2*(H,6,7). The van der Waals surface area contributed by atoms with Crippen LogP contribution >= 0.6 is 0 Å². The molecule has 2 N–H and O–H groups in total. The second-order valence-corrected chi connectivity index (χ2v) is 9.80. The van der Waals surface area contributed by atoms with Crippen LogP contribution < -0.4 is 0 Å². The maximum absolute atomic E-state index is 13.1. The Morgan fingerprint density at radius 1 is 0.867 bits per heavy atom. The lowest BCUT2D eigenvalue weighted by Crippen LogP contribution is -2.49. The minimum Gasteiger partial charge on any atom is -0.475 e. The van der Waals surface area contributed by atoms with Crippen molar-refractivity contribution < 1.29 is 50.9 Å². The van der Waals surface area contributed by atoms with Crippen LogP contribution in [0.5, 0.6) is 0 Å². The van der Waals surface area contributed by atoms with Crippen LogP contribution in [-0.4, -0.2) is 91.3 Å². The molecule has 1 saturated heterocycles. The van der Waals surface area contributed by atoms with E-state index in [0.29, 0.717) is 6.54 Å². The van der Waals surface area contributed by atoms with Gasteiger partial charge in [0.05, 0.1) is 23.6 Å². The predicted octanol–water partition coefficient (Wildman–Crippen LogP) is 5.10. The number of piperazine rings is 1. The number of nitrogens with zero attached hydrogens (tertiary/aromatic N) is 5. The number of fused-ring (bicyclic) bond motifs is 1. The first-order valence-corrected chi connectivity index (χ1v) is 13.0. The van der Waals surface area contributed by atoms with Crippen molar-refractivity contribution in [3.05, 3.63) is 90.3 Å². The molecule has 0 bridgehead atoms. The normalized spacial score (nSPS) is 15.4. The summed E-state index contributed by atoms with van der Waals surface area (Å²) in [5.74, 6) is -5.43. The molecular weight excluding hydrogens is 612 g/mol. The van der Waals surface area contributed by atoms with Crippen LogP contribution in [0.2, 0.25) is 0 Å². The van der Waals surface area contributed by atoms with Crippen LogP contribution in [0.25, 0.3) is 16.6 Å². The van der Waals surface area contributed by atoms with Gasteiger partial charge in [0, 0.05) is 49.4 Å². The van der Waals surface area contributed by atoms with Gasteiger partial charge in [-0.1, -0.05) is 29.8 Å². The van der Waals surface area contributed by atoms with E-state index in [9.17, 15) is 31.1 Å². The number of alkyl halides is 6. The molecule has 4 heterocycles. The van der Waals surface area contributed by atoms with Crippen LogP contribution in [0, 0.1) is 6.92 Å². The summed E-state index contributed by atoms with van der Waals surface area (Å²) in [6, 6.07) is 16.1. The number of pyridine rings is 2. The van der Waals surface area contributed by atoms with Gasteiger partial charge in [-0.15, -0.1) is 0 Å². The summed E-state index contributed by atoms with van der Waals surface area (Å²) in [5, 5.41) is 14.2. The van der Waals surface area contributed by atoms with E-state index < -0.39 is 24.3 Å². The number of likely N-dealkylation sites (N-methyl/N-ethyl adjacent to an activating group) is 1. The smallest absolute Gasteiger partial charge is 0.475 e. The van der Waals surface area contributed by atoms with E-state index >= 15 is 0 Å². The van der Waals surface area contributed by atoms with Crippen molar-refractivity contribution in [2.75, 3.05) is 26.7 Å². The molecule has 1 fully saturated rings. The van der Waals surface area contributed by atoms with Crippen molar-refractivity contribution in [3.63, 3.8) is 0 Å². The first-order chi connectivity index (χ1) is 21.0. The molecule has 5 rings (SSSR count). The largest absolute Gasteiger partial charge is 0.490 e. The monoisotopic (exact) mass is 639 g/mol. The second-order valence-electron chi connectivity index (χ2n) is 9.80. The molecular formula is C29H27F6N5O5. The molecule has 16 heteroatoms. The fourth-order valence-electron chi connectivity index (χ4n) is 4.21. The number of carbonyl (C=O) groups excluding carboxylic acids is 1. The highest BCUT2D eigenvalue weighted by molar-refractivity contribution is 5.94. The molecule has 0 aliphatic carbocycles. The van der Waals surface area contributed by atoms with E-state index in [4.69, 9.17) is 24.8 Å². The third kappa shape index (κ3) is 9.25. The molecule has 4 aromatic rings. The van der Waals surface area contributed by atoms with Crippen molar-refractivity contribution in [1.82, 2.24) is 24.2 Å². The van der Waals surface area contributed by atoms with Crippen LogP contribution in [0.1, 0.15) is 27.7 Å². The highest BCUT2D eigenvalue weighted by Crippen LogP contribution is 2.29. The average Bonchev–Trinajstić information content (AvgIpc) is 3.41. The Hall–Kier alpha value is -4.99. The first kappa shape index (κ1) is 34.5. The van der Waals surface area contributed by atoms with Crippen LogP contribution in [0.3, 0.4) is 0 Å². The number of aryl methyl sites for hydroxylation is 1. The maximum Gasteiger partial charge on any atom is 0.490 e. The summed E-state index contributed by atoms with van der Waals surface area (Å²) >= 11 is 0. The molecule has 0 spiro atoms. The molecule has 0 saturated carbocycles. The van der Waals surface area contributed by atoms with Gasteiger partial charge in [0.25, 0.3) is 5.91 Å². The average molecular weight is 640 g/mol. The molecule has 240 valence electrons. The van der Waals surface area contributed by atoms with E-state index in [0.717, 1.165) is 46.6 Å². The number of carboxylic acids is 2. The Balaban J connectivity index is 0.000000331. The fourth-order valence-corrected chi connectivity index (χ4v) is 4.21. The van der Waals surface area contributed by atoms with E-state index in [-0.39, 0.29) is 11.9 Å². The molecule has 10 nitrogen and oxygen atoms in total. The Labute approximate surface area is 252 Å². The first-order valence-electron chi connectivity index (χ1n) is 13.0. The minimum absolute atomic E-state index is 0.0531. The van der Waals surface area contributed by atoms with Crippen molar-refractivity contribution in [2.45, 2.75) is 25.3 Å². The fraction of sp³-hybridized carbons (Fsp3) is 0.276. The Bertz CT molecular complexity index is 1600. The molecule has 0 radical (unpaired) electrons. The summed E-state index contributed by atoms with van der Waals surface area (Å²) in [5.41, 5.74) is 6.13. The van der Waals surface area contributed by atoms with Gasteiger partial charge < -0.3 is 19.5 Å². The van der Waals surface area contributed by atoms with Gasteiger partial charge >= 0.3 is 24.3 Å². The van der Waals surface area contributed by atoms with Crippen molar-refractivity contribution in [3.8, 4) is 11.1 Å². The second kappa shape index (κ2) is 14.2. The van der Waals surface area contributed by atoms with E-state index in [1.54, 1.807) is 6.20 Å². The van der Waals surface area contributed by atoms with Gasteiger partial charge in [-0.2, -0.15) is 26.3 Å². The number of carboxylic acid groups (broad SMARTS) is 2. The van der Waals surface area contributed by atoms with Gasteiger partial charge in [-0.05, 0) is 43.8 Å². The summed E-state index contributed by atoms with van der Waals surface area (Å²) in [4.78, 5) is 44.1. The molecule has 3 aromatic heterocycles. The number of rotatable bonds is 3. The lowest BCUT2D eigenvalue weighted by atomic mass is 10.1. The summed E-state index contributed by atoms with van der Waals surface area (Å²) in [7, 11) is 2.10. The maximum atomic E-state index is 13.1. The van der Waals surface area contributed by atoms with Crippen LogP contribution in [-0.2, 0) is 9.59 Å². The number of hydrogen-bond donors (Lipinski definition) is 2. The number of halogens is 6. The zero-order chi connectivity index (χ0) is 33.5. The van der Waals surface area contributed by atoms with Crippen LogP contribution in [0.4, 0.5) is 26.3 Å². The van der Waals surface area contributed by atoms with Gasteiger partial charge in [-0.3, -0.25) is 14.7 Å². The quantitative estimate of drug-likeness (QED) is 0.297. The third-order valence-electron chi connectivity index (χ3n) is 6.59. The summed E-state index contributed by atoms with van der Waals surface area (Å²) in [6.07, 6.45) is -2.58. The Morgan fingerprint density at radius 3 is 2.00 bits per heavy atom. The van der Waals surface area contributed by atoms with Gasteiger partial charge in [0.2, 0.25) is 0 Å². The van der Waals surface area contributed by atoms with Crippen molar-refractivity contribution >= 4 is 23.4 Å². The molecule has 45 heavy (non-hydrogen) atoms. The van der Waals surface area contributed by atoms with E-state index in [1.165, 1.54) is 0 Å². The number of benzene rings is 1. The van der Waals surface area contributed by atoms with E-state index in [1.807, 2.05) is 54.7 Å². The number of imidazole rings is 1. The highest BCUT2D eigenvalue weighted by atomic mass is 19.4. The van der Waals surface area contributed by atoms with Crippen LogP contribution in [0.15, 0.2) is 73.4 Å². The Morgan fingerprint density at radius 2 is 1.47 bits per heavy atom. The number of hydrogen-bond acceptors (Lipinski definition) is 6. The summed E-state index contributed by atoms with van der Waals surface area (Å²) in [6.45, 7) is 4.19. The van der Waals surface area contributed by atoms with Gasteiger partial charge in [0.15, 0.2) is 0 Å². The third-order valence-corrected chi connectivity index (χ3v) is 6.59. The molecule has 1 aliphatic rings. The van der Waals surface area contributed by atoms with Crippen molar-refractivity contribution in [2.24, 2.45) is 0 Å². The zero-order valence-electron chi connectivity index (χ0n) is 23.7. The lowest BCUT2D eigenvalue weighted by molar-refractivity contribution is -0.193. The molecule has 1 aromatic carbocycles. The number of amides is 1. The lowest BCUT2D eigenvalue weighted by Gasteiger charge is -2.39. The Kier molecular flexibility index (Phi) is 10.9.